The molecule has 6 rings (SSSR count). The number of hydrogen-bond acceptors (Lipinski definition) is 5. The molecule has 0 bridgehead atoms. The van der Waals surface area contributed by atoms with Gasteiger partial charge >= 0.3 is 6.03 Å². The molecule has 1 unspecified atom stereocenters. The van der Waals surface area contributed by atoms with Gasteiger partial charge in [-0.15, -0.1) is 11.3 Å². The van der Waals surface area contributed by atoms with Gasteiger partial charge in [0.25, 0.3) is 0 Å². The highest BCUT2D eigenvalue weighted by Crippen LogP contribution is 2.44. The molecule has 1 N–H and O–H groups in total. The van der Waals surface area contributed by atoms with E-state index in [-0.39, 0.29) is 12.1 Å². The number of nitrogens with one attached hydrogen (secondary N) is 1. The summed E-state index contributed by atoms with van der Waals surface area (Å²) in [5.41, 5.74) is 5.17. The molecule has 2 aromatic carbocycles. The van der Waals surface area contributed by atoms with Crippen molar-refractivity contribution < 1.29 is 14.3 Å². The Balaban J connectivity index is 1.49. The van der Waals surface area contributed by atoms with Crippen LogP contribution in [0.5, 0.6) is 11.5 Å². The Morgan fingerprint density at radius 1 is 1.05 bits per heavy atom. The minimum atomic E-state index is -0.317. The van der Waals surface area contributed by atoms with Crippen LogP contribution in [0.2, 0.25) is 5.02 Å². The first-order valence-electron chi connectivity index (χ1n) is 12.5. The lowest BCUT2D eigenvalue weighted by Crippen LogP contribution is -2.38. The van der Waals surface area contributed by atoms with E-state index in [1.165, 1.54) is 21.0 Å². The molecular formula is C29H29ClN4O3S. The Bertz CT molecular complexity index is 1500. The number of methoxy groups -OCH3 is 2. The molecule has 9 heteroatoms. The summed E-state index contributed by atoms with van der Waals surface area (Å²) < 4.78 is 13.2. The lowest BCUT2D eigenvalue weighted by Gasteiger charge is -2.32. The predicted molar refractivity (Wildman–Crippen MR) is 151 cm³/mol. The van der Waals surface area contributed by atoms with Crippen LogP contribution in [0.1, 0.15) is 33.3 Å². The van der Waals surface area contributed by atoms with Gasteiger partial charge in [-0.3, -0.25) is 0 Å². The molecule has 0 radical (unpaired) electrons. The average Bonchev–Trinajstić information content (AvgIpc) is 3.50. The van der Waals surface area contributed by atoms with E-state index in [9.17, 15) is 4.79 Å². The van der Waals surface area contributed by atoms with E-state index in [0.717, 1.165) is 36.5 Å². The molecule has 2 amide bonds. The van der Waals surface area contributed by atoms with E-state index in [0.29, 0.717) is 23.0 Å². The van der Waals surface area contributed by atoms with E-state index in [2.05, 4.69) is 40.2 Å². The van der Waals surface area contributed by atoms with Crippen molar-refractivity contribution in [3.05, 3.63) is 93.1 Å². The lowest BCUT2D eigenvalue weighted by molar-refractivity contribution is 0.194. The molecule has 0 saturated carbocycles. The number of thiophene rings is 1. The van der Waals surface area contributed by atoms with E-state index >= 15 is 0 Å². The average molecular weight is 549 g/mol. The van der Waals surface area contributed by atoms with Crippen LogP contribution >= 0.6 is 22.9 Å². The van der Waals surface area contributed by atoms with Crippen LogP contribution < -0.4 is 14.8 Å². The lowest BCUT2D eigenvalue weighted by atomic mass is 10.00. The number of carbonyl (C=O) groups excluding carboxylic acids is 1. The Kier molecular flexibility index (Phi) is 6.55. The Hall–Kier alpha value is -3.46. The van der Waals surface area contributed by atoms with Gasteiger partial charge in [-0.1, -0.05) is 23.7 Å². The molecule has 7 nitrogen and oxygen atoms in total. The summed E-state index contributed by atoms with van der Waals surface area (Å²) in [5.74, 6) is 1.33. The third-order valence-electron chi connectivity index (χ3n) is 7.35. The summed E-state index contributed by atoms with van der Waals surface area (Å²) in [7, 11) is 5.40. The first-order chi connectivity index (χ1) is 18.5. The zero-order valence-electron chi connectivity index (χ0n) is 21.5. The normalized spacial score (nSPS) is 16.7. The van der Waals surface area contributed by atoms with Crippen LogP contribution in [0.15, 0.2) is 60.8 Å². The first kappa shape index (κ1) is 24.9. The molecule has 2 aliphatic heterocycles. The maximum Gasteiger partial charge on any atom is 0.323 e. The molecule has 2 aromatic heterocycles. The van der Waals surface area contributed by atoms with Crippen LogP contribution in [0.25, 0.3) is 5.00 Å². The second-order valence-electron chi connectivity index (χ2n) is 9.66. The summed E-state index contributed by atoms with van der Waals surface area (Å²) in [6.45, 7) is 2.41. The number of urea groups is 1. The molecule has 38 heavy (non-hydrogen) atoms. The van der Waals surface area contributed by atoms with Gasteiger partial charge in [-0.2, -0.15) is 0 Å². The van der Waals surface area contributed by atoms with E-state index in [4.69, 9.17) is 21.1 Å². The van der Waals surface area contributed by atoms with Crippen LogP contribution in [-0.4, -0.2) is 48.2 Å². The molecule has 0 fully saturated rings. The number of halogens is 1. The maximum absolute atomic E-state index is 14.2. The topological polar surface area (TPSA) is 59.0 Å². The quantitative estimate of drug-likeness (QED) is 0.323. The van der Waals surface area contributed by atoms with Crippen LogP contribution in [0.3, 0.4) is 0 Å². The van der Waals surface area contributed by atoms with Crippen molar-refractivity contribution in [3.63, 3.8) is 0 Å². The standard InChI is InChI=1S/C29H29ClN4O3S/c1-32-14-12-21-22-16-34(29(35)31-23-15-19(30)8-11-25(23)37-3)27(18-6-9-20(36-2)10-7-18)24-5-4-13-33(24)28(22)38-26(21)17-32/h4-11,13,15,27H,12,14,16-17H2,1-3H3,(H,31,35). The fourth-order valence-corrected chi connectivity index (χ4v) is 7.07. The number of anilines is 1. The van der Waals surface area contributed by atoms with Gasteiger partial charge < -0.3 is 29.2 Å². The highest BCUT2D eigenvalue weighted by molar-refractivity contribution is 7.15. The van der Waals surface area contributed by atoms with Gasteiger partial charge in [0.15, 0.2) is 0 Å². The summed E-state index contributed by atoms with van der Waals surface area (Å²) in [6.07, 6.45) is 3.08. The molecule has 4 heterocycles. The number of amides is 2. The molecular weight excluding hydrogens is 520 g/mol. The summed E-state index contributed by atoms with van der Waals surface area (Å²) in [5, 5.41) is 4.81. The maximum atomic E-state index is 14.2. The first-order valence-corrected chi connectivity index (χ1v) is 13.7. The number of nitrogens with zero attached hydrogens (tertiary/aromatic N) is 3. The van der Waals surface area contributed by atoms with Gasteiger partial charge in [-0.05, 0) is 67.1 Å². The van der Waals surface area contributed by atoms with Crippen molar-refractivity contribution in [2.75, 3.05) is 33.1 Å². The van der Waals surface area contributed by atoms with Crippen LogP contribution in [0, 0.1) is 0 Å². The fourth-order valence-electron chi connectivity index (χ4n) is 5.45. The highest BCUT2D eigenvalue weighted by atomic mass is 35.5. The largest absolute Gasteiger partial charge is 0.497 e. The smallest absolute Gasteiger partial charge is 0.323 e. The number of ether oxygens (including phenoxy) is 2. The fraction of sp³-hybridized carbons (Fsp3) is 0.276. The summed E-state index contributed by atoms with van der Waals surface area (Å²) >= 11 is 8.12. The van der Waals surface area contributed by atoms with Crippen molar-refractivity contribution in [1.29, 1.82) is 0 Å². The Morgan fingerprint density at radius 2 is 1.87 bits per heavy atom. The van der Waals surface area contributed by atoms with Crippen molar-refractivity contribution in [3.8, 4) is 16.5 Å². The van der Waals surface area contributed by atoms with Crippen molar-refractivity contribution >= 4 is 34.7 Å². The molecule has 196 valence electrons. The summed E-state index contributed by atoms with van der Waals surface area (Å²) in [4.78, 5) is 19.8. The van der Waals surface area contributed by atoms with Gasteiger partial charge in [0.1, 0.15) is 16.5 Å². The Labute approximate surface area is 231 Å². The zero-order valence-corrected chi connectivity index (χ0v) is 23.1. The minimum absolute atomic E-state index is 0.222. The van der Waals surface area contributed by atoms with E-state index in [1.807, 2.05) is 40.5 Å². The van der Waals surface area contributed by atoms with Crippen molar-refractivity contribution in [1.82, 2.24) is 14.4 Å². The summed E-state index contributed by atoms with van der Waals surface area (Å²) in [6, 6.07) is 16.8. The number of hydrogen-bond donors (Lipinski definition) is 1. The predicted octanol–water partition coefficient (Wildman–Crippen LogP) is 6.33. The number of fused-ring (bicyclic) bond motifs is 5. The third kappa shape index (κ3) is 4.32. The van der Waals surface area contributed by atoms with Gasteiger partial charge in [0.2, 0.25) is 0 Å². The van der Waals surface area contributed by atoms with Crippen LogP contribution in [-0.2, 0) is 19.5 Å². The van der Waals surface area contributed by atoms with Crippen LogP contribution in [0.4, 0.5) is 10.5 Å². The second kappa shape index (κ2) is 10.0. The number of aromatic nitrogens is 1. The number of carbonyl (C=O) groups is 1. The molecule has 2 aliphatic rings. The highest BCUT2D eigenvalue weighted by Gasteiger charge is 2.36. The molecule has 4 aromatic rings. The van der Waals surface area contributed by atoms with Crippen molar-refractivity contribution in [2.45, 2.75) is 25.6 Å². The van der Waals surface area contributed by atoms with Gasteiger partial charge in [0, 0.05) is 34.7 Å². The Morgan fingerprint density at radius 3 is 2.63 bits per heavy atom. The number of benzene rings is 2. The molecule has 0 spiro atoms. The number of likely N-dealkylation sites (N-methyl/N-ethyl adjacent to an activating group) is 1. The zero-order chi connectivity index (χ0) is 26.4. The number of rotatable bonds is 4. The minimum Gasteiger partial charge on any atom is -0.497 e. The second-order valence-corrected chi connectivity index (χ2v) is 11.2. The van der Waals surface area contributed by atoms with Gasteiger partial charge in [-0.25, -0.2) is 4.79 Å². The van der Waals surface area contributed by atoms with E-state index < -0.39 is 0 Å². The monoisotopic (exact) mass is 548 g/mol. The SMILES string of the molecule is COc1ccc(C2c3cccn3-c3sc4c(c3CN2C(=O)Nc2cc(Cl)ccc2OC)CCN(C)C4)cc1. The molecule has 0 aliphatic carbocycles. The van der Waals surface area contributed by atoms with E-state index in [1.54, 1.807) is 32.4 Å². The molecule has 1 atom stereocenters. The third-order valence-corrected chi connectivity index (χ3v) is 8.84. The van der Waals surface area contributed by atoms with Gasteiger partial charge in [0.05, 0.1) is 38.2 Å². The molecule has 0 saturated heterocycles. The van der Waals surface area contributed by atoms with Crippen molar-refractivity contribution in [2.24, 2.45) is 0 Å².